The summed E-state index contributed by atoms with van der Waals surface area (Å²) in [6, 6.07) is 0. The van der Waals surface area contributed by atoms with Gasteiger partial charge < -0.3 is 4.74 Å². The van der Waals surface area contributed by atoms with Crippen LogP contribution < -0.4 is 0 Å². The summed E-state index contributed by atoms with van der Waals surface area (Å²) < 4.78 is 4.79. The van der Waals surface area contributed by atoms with Gasteiger partial charge >= 0.3 is 5.97 Å². The minimum Gasteiger partial charge on any atom is -0.461 e. The van der Waals surface area contributed by atoms with Gasteiger partial charge in [-0.1, -0.05) is 12.2 Å². The zero-order chi connectivity index (χ0) is 8.69. The lowest BCUT2D eigenvalue weighted by molar-refractivity contribution is -0.140. The second kappa shape index (κ2) is 5.71. The summed E-state index contributed by atoms with van der Waals surface area (Å²) in [6.07, 6.45) is 4.51. The highest BCUT2D eigenvalue weighted by molar-refractivity contribution is 5.66. The number of carbonyl (C=O) groups is 1. The molecule has 2 nitrogen and oxygen atoms in total. The van der Waals surface area contributed by atoms with Gasteiger partial charge in [-0.3, -0.25) is 4.79 Å². The van der Waals surface area contributed by atoms with E-state index in [1.807, 2.05) is 13.0 Å². The van der Waals surface area contributed by atoms with E-state index in [1.165, 1.54) is 6.92 Å². The van der Waals surface area contributed by atoms with Crippen molar-refractivity contribution < 1.29 is 9.53 Å². The average Bonchev–Trinajstić information content (AvgIpc) is 1.97. The molecule has 0 atom stereocenters. The van der Waals surface area contributed by atoms with E-state index in [9.17, 15) is 4.79 Å². The Bertz CT molecular complexity index is 168. The molecule has 0 saturated carbocycles. The van der Waals surface area contributed by atoms with E-state index in [-0.39, 0.29) is 5.97 Å². The quantitative estimate of drug-likeness (QED) is 0.457. The maximum Gasteiger partial charge on any atom is 0.302 e. The van der Waals surface area contributed by atoms with Crippen molar-refractivity contribution in [3.8, 4) is 0 Å². The molecule has 0 aromatic carbocycles. The smallest absolute Gasteiger partial charge is 0.302 e. The van der Waals surface area contributed by atoms with Crippen LogP contribution >= 0.6 is 0 Å². The Morgan fingerprint density at radius 2 is 2.27 bits per heavy atom. The lowest BCUT2D eigenvalue weighted by atomic mass is 10.2. The zero-order valence-electron chi connectivity index (χ0n) is 7.09. The number of esters is 1. The predicted octanol–water partition coefficient (Wildman–Crippen LogP) is 2.07. The first-order valence-corrected chi connectivity index (χ1v) is 3.59. The summed E-state index contributed by atoms with van der Waals surface area (Å²) in [5.41, 5.74) is 1.08. The van der Waals surface area contributed by atoms with E-state index in [0.29, 0.717) is 6.61 Å². The first-order chi connectivity index (χ1) is 5.20. The monoisotopic (exact) mass is 154 g/mol. The fraction of sp³-hybridized carbons (Fsp3) is 0.444. The molecule has 0 aromatic heterocycles. The van der Waals surface area contributed by atoms with Crippen LogP contribution in [0.15, 0.2) is 24.3 Å². The highest BCUT2D eigenvalue weighted by atomic mass is 16.5. The normalized spacial score (nSPS) is 10.9. The standard InChI is InChI=1S/C9H14O2/c1-4-6-9(5-2)7-11-8(3)10/h4-5H,1,6-7H2,2-3H3. The van der Waals surface area contributed by atoms with Crippen molar-refractivity contribution in [2.24, 2.45) is 0 Å². The summed E-state index contributed by atoms with van der Waals surface area (Å²) >= 11 is 0. The second-order valence-corrected chi connectivity index (χ2v) is 2.22. The summed E-state index contributed by atoms with van der Waals surface area (Å²) in [4.78, 5) is 10.4. The molecule has 0 aromatic rings. The van der Waals surface area contributed by atoms with Gasteiger partial charge in [0.1, 0.15) is 6.61 Å². The summed E-state index contributed by atoms with van der Waals surface area (Å²) in [6.45, 7) is 7.30. The third kappa shape index (κ3) is 5.40. The first-order valence-electron chi connectivity index (χ1n) is 3.59. The van der Waals surface area contributed by atoms with Crippen LogP contribution in [0.5, 0.6) is 0 Å². The fourth-order valence-electron chi connectivity index (χ4n) is 0.640. The van der Waals surface area contributed by atoms with Gasteiger partial charge in [0.15, 0.2) is 0 Å². The molecule has 0 aliphatic carbocycles. The number of allylic oxidation sites excluding steroid dienone is 2. The van der Waals surface area contributed by atoms with E-state index in [0.717, 1.165) is 12.0 Å². The molecule has 0 radical (unpaired) electrons. The van der Waals surface area contributed by atoms with Gasteiger partial charge in [-0.2, -0.15) is 0 Å². The Labute approximate surface area is 67.6 Å². The van der Waals surface area contributed by atoms with Crippen molar-refractivity contribution >= 4 is 5.97 Å². The van der Waals surface area contributed by atoms with Crippen LogP contribution in [0.4, 0.5) is 0 Å². The molecule has 0 heterocycles. The Kier molecular flexibility index (Phi) is 5.17. The van der Waals surface area contributed by atoms with Gasteiger partial charge in [-0.05, 0) is 18.9 Å². The van der Waals surface area contributed by atoms with Crippen LogP contribution in [0.2, 0.25) is 0 Å². The van der Waals surface area contributed by atoms with Crippen LogP contribution in [-0.2, 0) is 9.53 Å². The van der Waals surface area contributed by atoms with Gasteiger partial charge in [0, 0.05) is 6.92 Å². The molecule has 0 aliphatic rings. The topological polar surface area (TPSA) is 26.3 Å². The Morgan fingerprint density at radius 1 is 1.64 bits per heavy atom. The highest BCUT2D eigenvalue weighted by Gasteiger charge is 1.95. The molecule has 62 valence electrons. The molecule has 0 rings (SSSR count). The fourth-order valence-corrected chi connectivity index (χ4v) is 0.640. The summed E-state index contributed by atoms with van der Waals surface area (Å²) in [5, 5.41) is 0. The van der Waals surface area contributed by atoms with Crippen molar-refractivity contribution in [1.82, 2.24) is 0 Å². The SMILES string of the molecule is C=CCC(=CC)COC(C)=O. The predicted molar refractivity (Wildman–Crippen MR) is 45.2 cm³/mol. The third-order valence-electron chi connectivity index (χ3n) is 1.28. The summed E-state index contributed by atoms with van der Waals surface area (Å²) in [5.74, 6) is -0.242. The van der Waals surface area contributed by atoms with E-state index < -0.39 is 0 Å². The lowest BCUT2D eigenvalue weighted by Crippen LogP contribution is -2.02. The number of ether oxygens (including phenoxy) is 1. The molecular formula is C9H14O2. The molecule has 0 amide bonds. The molecular weight excluding hydrogens is 140 g/mol. The number of hydrogen-bond acceptors (Lipinski definition) is 2. The maximum absolute atomic E-state index is 10.4. The van der Waals surface area contributed by atoms with E-state index in [4.69, 9.17) is 4.74 Å². The first kappa shape index (κ1) is 9.95. The Hall–Kier alpha value is -1.05. The molecule has 0 N–H and O–H groups in total. The van der Waals surface area contributed by atoms with Gasteiger partial charge in [0.25, 0.3) is 0 Å². The summed E-state index contributed by atoms with van der Waals surface area (Å²) in [7, 11) is 0. The number of rotatable bonds is 4. The Morgan fingerprint density at radius 3 is 2.64 bits per heavy atom. The van der Waals surface area contributed by atoms with Crippen LogP contribution in [0, 0.1) is 0 Å². The average molecular weight is 154 g/mol. The van der Waals surface area contributed by atoms with Crippen LogP contribution in [0.3, 0.4) is 0 Å². The minimum atomic E-state index is -0.242. The van der Waals surface area contributed by atoms with E-state index in [1.54, 1.807) is 6.08 Å². The third-order valence-corrected chi connectivity index (χ3v) is 1.28. The highest BCUT2D eigenvalue weighted by Crippen LogP contribution is 2.01. The number of hydrogen-bond donors (Lipinski definition) is 0. The van der Waals surface area contributed by atoms with Crippen LogP contribution in [0.1, 0.15) is 20.3 Å². The maximum atomic E-state index is 10.4. The molecule has 0 bridgehead atoms. The van der Waals surface area contributed by atoms with Crippen molar-refractivity contribution in [2.75, 3.05) is 6.61 Å². The van der Waals surface area contributed by atoms with E-state index >= 15 is 0 Å². The zero-order valence-corrected chi connectivity index (χ0v) is 7.09. The van der Waals surface area contributed by atoms with Crippen LogP contribution in [0.25, 0.3) is 0 Å². The van der Waals surface area contributed by atoms with Gasteiger partial charge in [-0.15, -0.1) is 6.58 Å². The molecule has 0 spiro atoms. The van der Waals surface area contributed by atoms with Crippen LogP contribution in [-0.4, -0.2) is 12.6 Å². The Balaban J connectivity index is 3.70. The largest absolute Gasteiger partial charge is 0.461 e. The lowest BCUT2D eigenvalue weighted by Gasteiger charge is -2.03. The van der Waals surface area contributed by atoms with Gasteiger partial charge in [-0.25, -0.2) is 0 Å². The molecule has 2 heteroatoms. The molecule has 0 unspecified atom stereocenters. The minimum absolute atomic E-state index is 0.242. The second-order valence-electron chi connectivity index (χ2n) is 2.22. The van der Waals surface area contributed by atoms with Gasteiger partial charge in [0.2, 0.25) is 0 Å². The van der Waals surface area contributed by atoms with Crippen molar-refractivity contribution in [2.45, 2.75) is 20.3 Å². The molecule has 0 aliphatic heterocycles. The molecule has 0 saturated heterocycles. The molecule has 0 fully saturated rings. The number of carbonyl (C=O) groups excluding carboxylic acids is 1. The van der Waals surface area contributed by atoms with Crippen molar-refractivity contribution in [1.29, 1.82) is 0 Å². The van der Waals surface area contributed by atoms with E-state index in [2.05, 4.69) is 6.58 Å². The van der Waals surface area contributed by atoms with Crippen molar-refractivity contribution in [3.63, 3.8) is 0 Å². The van der Waals surface area contributed by atoms with Gasteiger partial charge in [0.05, 0.1) is 0 Å². The van der Waals surface area contributed by atoms with Crippen molar-refractivity contribution in [3.05, 3.63) is 24.3 Å². The molecule has 11 heavy (non-hydrogen) atoms.